The maximum Gasteiger partial charge on any atom is 0.390 e. The Labute approximate surface area is 119 Å². The minimum absolute atomic E-state index is 0.186. The van der Waals surface area contributed by atoms with Crippen LogP contribution in [0.25, 0.3) is 0 Å². The number of alkyl halides is 3. The lowest BCUT2D eigenvalue weighted by Gasteiger charge is -2.15. The van der Waals surface area contributed by atoms with Gasteiger partial charge in [0, 0.05) is 22.7 Å². The van der Waals surface area contributed by atoms with Gasteiger partial charge in [-0.3, -0.25) is 0 Å². The van der Waals surface area contributed by atoms with Crippen molar-refractivity contribution >= 4 is 34.7 Å². The Morgan fingerprint density at radius 1 is 1.42 bits per heavy atom. The van der Waals surface area contributed by atoms with E-state index in [0.717, 1.165) is 10.6 Å². The van der Waals surface area contributed by atoms with E-state index < -0.39 is 12.6 Å². The van der Waals surface area contributed by atoms with E-state index in [1.165, 1.54) is 0 Å². The second-order valence-corrected chi connectivity index (χ2v) is 5.51. The van der Waals surface area contributed by atoms with Crippen LogP contribution >= 0.6 is 24.0 Å². The normalized spacial score (nSPS) is 11.4. The molecule has 19 heavy (non-hydrogen) atoms. The summed E-state index contributed by atoms with van der Waals surface area (Å²) in [6.45, 7) is 1.79. The second-order valence-electron chi connectivity index (χ2n) is 3.77. The van der Waals surface area contributed by atoms with Gasteiger partial charge in [-0.2, -0.15) is 13.2 Å². The van der Waals surface area contributed by atoms with E-state index in [1.54, 1.807) is 23.9 Å². The van der Waals surface area contributed by atoms with Crippen LogP contribution in [0.1, 0.15) is 18.9 Å². The first kappa shape index (κ1) is 16.1. The molecule has 0 aliphatic carbocycles. The first-order valence-corrected chi connectivity index (χ1v) is 7.10. The summed E-state index contributed by atoms with van der Waals surface area (Å²) in [5, 5.41) is 2.75. The third-order valence-corrected chi connectivity index (χ3v) is 3.44. The molecule has 3 N–H and O–H groups in total. The van der Waals surface area contributed by atoms with Crippen molar-refractivity contribution in [1.29, 1.82) is 0 Å². The summed E-state index contributed by atoms with van der Waals surface area (Å²) in [6.07, 6.45) is -5.07. The summed E-state index contributed by atoms with van der Waals surface area (Å²) in [7, 11) is 0. The molecule has 0 unspecified atom stereocenters. The van der Waals surface area contributed by atoms with Crippen molar-refractivity contribution in [2.45, 2.75) is 24.4 Å². The van der Waals surface area contributed by atoms with Crippen LogP contribution in [0.3, 0.4) is 0 Å². The zero-order valence-electron chi connectivity index (χ0n) is 10.4. The first-order chi connectivity index (χ1) is 8.85. The van der Waals surface area contributed by atoms with E-state index in [2.05, 4.69) is 5.32 Å². The Kier molecular flexibility index (Phi) is 5.93. The topological polar surface area (TPSA) is 38.0 Å². The average Bonchev–Trinajstić information content (AvgIpc) is 2.27. The molecule has 0 radical (unpaired) electrons. The minimum atomic E-state index is -4.17. The first-order valence-electron chi connectivity index (χ1n) is 5.71. The monoisotopic (exact) mass is 308 g/mol. The SMILES string of the molecule is CCSc1cccc(NCCC(F)(F)F)c1C(N)=S. The van der Waals surface area contributed by atoms with Gasteiger partial charge in [0.15, 0.2) is 0 Å². The lowest BCUT2D eigenvalue weighted by Crippen LogP contribution is -2.18. The van der Waals surface area contributed by atoms with Gasteiger partial charge < -0.3 is 11.1 Å². The Hall–Kier alpha value is -0.950. The number of nitrogens with two attached hydrogens (primary N) is 1. The molecule has 1 aromatic rings. The Balaban J connectivity index is 2.87. The number of thiocarbonyl (C=S) groups is 1. The third kappa shape index (κ3) is 5.28. The molecule has 0 aliphatic heterocycles. The van der Waals surface area contributed by atoms with Gasteiger partial charge >= 0.3 is 6.18 Å². The number of thioether (sulfide) groups is 1. The third-order valence-electron chi connectivity index (χ3n) is 2.30. The summed E-state index contributed by atoms with van der Waals surface area (Å²) < 4.78 is 36.4. The van der Waals surface area contributed by atoms with Crippen LogP contribution in [-0.4, -0.2) is 23.5 Å². The lowest BCUT2D eigenvalue weighted by molar-refractivity contribution is -0.131. The summed E-state index contributed by atoms with van der Waals surface area (Å²) in [5.41, 5.74) is 6.83. The van der Waals surface area contributed by atoms with Gasteiger partial charge in [-0.25, -0.2) is 0 Å². The molecular weight excluding hydrogens is 293 g/mol. The van der Waals surface area contributed by atoms with Gasteiger partial charge in [0.05, 0.1) is 6.42 Å². The molecule has 1 aromatic carbocycles. The fourth-order valence-electron chi connectivity index (χ4n) is 1.55. The van der Waals surface area contributed by atoms with E-state index in [0.29, 0.717) is 11.3 Å². The number of anilines is 1. The Bertz CT molecular complexity index is 447. The summed E-state index contributed by atoms with van der Waals surface area (Å²) in [6, 6.07) is 5.32. The zero-order chi connectivity index (χ0) is 14.5. The van der Waals surface area contributed by atoms with Crippen molar-refractivity contribution in [3.05, 3.63) is 23.8 Å². The Morgan fingerprint density at radius 3 is 2.63 bits per heavy atom. The van der Waals surface area contributed by atoms with Gasteiger partial charge in [0.2, 0.25) is 0 Å². The molecule has 106 valence electrons. The highest BCUT2D eigenvalue weighted by atomic mass is 32.2. The van der Waals surface area contributed by atoms with E-state index in [-0.39, 0.29) is 11.5 Å². The quantitative estimate of drug-likeness (QED) is 0.619. The highest BCUT2D eigenvalue weighted by molar-refractivity contribution is 7.99. The molecule has 0 amide bonds. The molecule has 0 fully saturated rings. The van der Waals surface area contributed by atoms with E-state index in [1.807, 2.05) is 13.0 Å². The predicted molar refractivity (Wildman–Crippen MR) is 77.9 cm³/mol. The smallest absolute Gasteiger partial charge is 0.389 e. The molecule has 0 bridgehead atoms. The molecule has 7 heteroatoms. The number of rotatable bonds is 6. The molecule has 1 rings (SSSR count). The molecule has 2 nitrogen and oxygen atoms in total. The largest absolute Gasteiger partial charge is 0.390 e. The molecule has 0 spiro atoms. The van der Waals surface area contributed by atoms with Gasteiger partial charge in [0.25, 0.3) is 0 Å². The predicted octanol–water partition coefficient (Wildman–Crippen LogP) is 3.80. The molecule has 0 heterocycles. The standard InChI is InChI=1S/C12H15F3N2S2/c1-2-19-9-5-3-4-8(10(9)11(16)18)17-7-6-12(13,14)15/h3-5,17H,2,6-7H2,1H3,(H2,16,18). The van der Waals surface area contributed by atoms with E-state index >= 15 is 0 Å². The van der Waals surface area contributed by atoms with Crippen molar-refractivity contribution < 1.29 is 13.2 Å². The number of benzene rings is 1. The maximum atomic E-state index is 12.1. The van der Waals surface area contributed by atoms with Gasteiger partial charge in [-0.1, -0.05) is 25.2 Å². The van der Waals surface area contributed by atoms with E-state index in [4.69, 9.17) is 18.0 Å². The average molecular weight is 308 g/mol. The van der Waals surface area contributed by atoms with Crippen molar-refractivity contribution in [3.8, 4) is 0 Å². The van der Waals surface area contributed by atoms with Crippen molar-refractivity contribution in [2.24, 2.45) is 5.73 Å². The fraction of sp³-hybridized carbons (Fsp3) is 0.417. The molecule has 0 saturated heterocycles. The molecule has 0 saturated carbocycles. The van der Waals surface area contributed by atoms with Crippen LogP contribution in [0.2, 0.25) is 0 Å². The lowest BCUT2D eigenvalue weighted by atomic mass is 10.1. The van der Waals surface area contributed by atoms with Gasteiger partial charge in [-0.15, -0.1) is 11.8 Å². The molecular formula is C12H15F3N2S2. The number of hydrogen-bond acceptors (Lipinski definition) is 3. The summed E-state index contributed by atoms with van der Waals surface area (Å²) in [4.78, 5) is 1.07. The van der Waals surface area contributed by atoms with E-state index in [9.17, 15) is 13.2 Å². The second kappa shape index (κ2) is 7.00. The highest BCUT2D eigenvalue weighted by Gasteiger charge is 2.26. The van der Waals surface area contributed by atoms with Crippen LogP contribution in [0.4, 0.5) is 18.9 Å². The van der Waals surface area contributed by atoms with Crippen LogP contribution < -0.4 is 11.1 Å². The summed E-state index contributed by atoms with van der Waals surface area (Å²) in [5.74, 6) is 0.835. The summed E-state index contributed by atoms with van der Waals surface area (Å²) >= 11 is 6.53. The van der Waals surface area contributed by atoms with Crippen LogP contribution in [0.15, 0.2) is 23.1 Å². The molecule has 0 atom stereocenters. The number of nitrogens with one attached hydrogen (secondary N) is 1. The van der Waals surface area contributed by atoms with Crippen molar-refractivity contribution in [3.63, 3.8) is 0 Å². The van der Waals surface area contributed by atoms with Gasteiger partial charge in [-0.05, 0) is 17.9 Å². The number of halogens is 3. The van der Waals surface area contributed by atoms with Gasteiger partial charge in [0.1, 0.15) is 4.99 Å². The van der Waals surface area contributed by atoms with Crippen LogP contribution in [0.5, 0.6) is 0 Å². The number of hydrogen-bond donors (Lipinski definition) is 2. The minimum Gasteiger partial charge on any atom is -0.389 e. The molecule has 0 aromatic heterocycles. The zero-order valence-corrected chi connectivity index (χ0v) is 12.0. The highest BCUT2D eigenvalue weighted by Crippen LogP contribution is 2.29. The fourth-order valence-corrected chi connectivity index (χ4v) is 2.68. The van der Waals surface area contributed by atoms with Crippen molar-refractivity contribution in [2.75, 3.05) is 17.6 Å². The maximum absolute atomic E-state index is 12.1. The Morgan fingerprint density at radius 2 is 2.11 bits per heavy atom. The molecule has 0 aliphatic rings. The van der Waals surface area contributed by atoms with Crippen molar-refractivity contribution in [1.82, 2.24) is 0 Å². The van der Waals surface area contributed by atoms with Crippen LogP contribution in [0, 0.1) is 0 Å². The van der Waals surface area contributed by atoms with Crippen LogP contribution in [-0.2, 0) is 0 Å².